The lowest BCUT2D eigenvalue weighted by atomic mass is 9.33. The van der Waals surface area contributed by atoms with Crippen LogP contribution in [0.25, 0.3) is 38.6 Å². The van der Waals surface area contributed by atoms with Crippen molar-refractivity contribution in [3.05, 3.63) is 181 Å². The first-order chi connectivity index (χ1) is 27.0. The second kappa shape index (κ2) is 12.1. The standard InChI is InChI=1S/C49H36BN5/c1-31-48(32(2)52-33(3)51-31)34-28-46-49-47(29-34)54(36-18-8-5-9-19-36)45-30-37(55-42-23-13-10-20-38(42)39-21-11-14-24-43(39)55)26-27-41(45)50(49)40-22-12-15-25-44(40)53(46)35-16-6-4-7-17-35/h4-30H,1-3H3. The van der Waals surface area contributed by atoms with Crippen LogP contribution >= 0.6 is 0 Å². The van der Waals surface area contributed by atoms with E-state index in [0.717, 1.165) is 51.1 Å². The summed E-state index contributed by atoms with van der Waals surface area (Å²) in [5.74, 6) is 0.787. The highest BCUT2D eigenvalue weighted by Crippen LogP contribution is 2.47. The molecule has 0 radical (unpaired) electrons. The van der Waals surface area contributed by atoms with E-state index in [4.69, 9.17) is 9.97 Å². The zero-order chi connectivity index (χ0) is 36.8. The van der Waals surface area contributed by atoms with Gasteiger partial charge in [-0.3, -0.25) is 0 Å². The number of hydrogen-bond donors (Lipinski definition) is 0. The Morgan fingerprint density at radius 3 is 1.56 bits per heavy atom. The number of nitrogens with zero attached hydrogens (tertiary/aromatic N) is 5. The van der Waals surface area contributed by atoms with Gasteiger partial charge in [0.25, 0.3) is 6.71 Å². The third kappa shape index (κ3) is 4.67. The Labute approximate surface area is 320 Å². The van der Waals surface area contributed by atoms with Gasteiger partial charge < -0.3 is 14.4 Å². The third-order valence-electron chi connectivity index (χ3n) is 11.5. The molecule has 5 nitrogen and oxygen atoms in total. The molecule has 55 heavy (non-hydrogen) atoms. The van der Waals surface area contributed by atoms with Gasteiger partial charge in [-0.2, -0.15) is 0 Å². The Morgan fingerprint density at radius 2 is 0.945 bits per heavy atom. The topological polar surface area (TPSA) is 37.2 Å². The number of aromatic nitrogens is 3. The zero-order valence-electron chi connectivity index (χ0n) is 30.9. The van der Waals surface area contributed by atoms with E-state index in [1.54, 1.807) is 0 Å². The molecular weight excluding hydrogens is 669 g/mol. The maximum Gasteiger partial charge on any atom is 0.252 e. The number of aryl methyl sites for hydroxylation is 3. The molecule has 2 aromatic heterocycles. The fraction of sp³-hybridized carbons (Fsp3) is 0.0612. The number of benzene rings is 7. The van der Waals surface area contributed by atoms with Crippen LogP contribution in [0.2, 0.25) is 0 Å². The molecule has 0 unspecified atom stereocenters. The maximum atomic E-state index is 4.88. The van der Waals surface area contributed by atoms with Gasteiger partial charge in [-0.25, -0.2) is 9.97 Å². The predicted octanol–water partition coefficient (Wildman–Crippen LogP) is 10.2. The van der Waals surface area contributed by atoms with Crippen molar-refractivity contribution in [3.8, 4) is 16.8 Å². The summed E-state index contributed by atoms with van der Waals surface area (Å²) in [5, 5.41) is 2.51. The van der Waals surface area contributed by atoms with Crippen molar-refractivity contribution in [1.29, 1.82) is 0 Å². The molecule has 0 N–H and O–H groups in total. The zero-order valence-corrected chi connectivity index (χ0v) is 30.9. The molecule has 0 fully saturated rings. The summed E-state index contributed by atoms with van der Waals surface area (Å²) in [6.45, 7) is 6.20. The van der Waals surface area contributed by atoms with Crippen molar-refractivity contribution in [2.75, 3.05) is 9.80 Å². The summed E-state index contributed by atoms with van der Waals surface area (Å²) in [6.07, 6.45) is 0. The molecule has 0 saturated carbocycles. The van der Waals surface area contributed by atoms with Gasteiger partial charge in [0, 0.05) is 67.5 Å². The van der Waals surface area contributed by atoms with Gasteiger partial charge in [0.05, 0.1) is 11.0 Å². The van der Waals surface area contributed by atoms with Crippen molar-refractivity contribution in [2.24, 2.45) is 0 Å². The molecule has 6 heteroatoms. The summed E-state index contributed by atoms with van der Waals surface area (Å²) in [4.78, 5) is 14.7. The number of para-hydroxylation sites is 5. The molecule has 4 heterocycles. The van der Waals surface area contributed by atoms with E-state index in [2.05, 4.69) is 192 Å². The number of rotatable bonds is 4. The van der Waals surface area contributed by atoms with Crippen LogP contribution in [0.3, 0.4) is 0 Å². The van der Waals surface area contributed by atoms with Crippen LogP contribution < -0.4 is 26.2 Å². The van der Waals surface area contributed by atoms with Crippen LogP contribution in [0.1, 0.15) is 17.2 Å². The van der Waals surface area contributed by atoms with Gasteiger partial charge in [-0.1, -0.05) is 97.1 Å². The van der Waals surface area contributed by atoms with E-state index >= 15 is 0 Å². The quantitative estimate of drug-likeness (QED) is 0.171. The second-order valence-electron chi connectivity index (χ2n) is 14.7. The minimum Gasteiger partial charge on any atom is -0.311 e. The van der Waals surface area contributed by atoms with E-state index in [-0.39, 0.29) is 6.71 Å². The van der Waals surface area contributed by atoms with Crippen molar-refractivity contribution >= 4 is 79.0 Å². The molecule has 0 amide bonds. The number of hydrogen-bond acceptors (Lipinski definition) is 4. The van der Waals surface area contributed by atoms with E-state index in [1.165, 1.54) is 55.3 Å². The third-order valence-corrected chi connectivity index (χ3v) is 11.5. The average Bonchev–Trinajstić information content (AvgIpc) is 3.55. The number of fused-ring (bicyclic) bond motifs is 7. The predicted molar refractivity (Wildman–Crippen MR) is 230 cm³/mol. The molecular formula is C49H36BN5. The summed E-state index contributed by atoms with van der Waals surface area (Å²) in [5.41, 5.74) is 18.4. The smallest absolute Gasteiger partial charge is 0.252 e. The fourth-order valence-corrected chi connectivity index (χ4v) is 9.43. The van der Waals surface area contributed by atoms with Crippen LogP contribution in [0.15, 0.2) is 164 Å². The summed E-state index contributed by atoms with van der Waals surface area (Å²) in [7, 11) is 0. The molecule has 11 rings (SSSR count). The molecule has 7 aromatic carbocycles. The van der Waals surface area contributed by atoms with Gasteiger partial charge in [0.15, 0.2) is 0 Å². The fourth-order valence-electron chi connectivity index (χ4n) is 9.43. The Kier molecular flexibility index (Phi) is 6.92. The lowest BCUT2D eigenvalue weighted by molar-refractivity contribution is 0.980. The highest BCUT2D eigenvalue weighted by atomic mass is 15.2. The Hall–Kier alpha value is -6.92. The van der Waals surface area contributed by atoms with Gasteiger partial charge >= 0.3 is 0 Å². The van der Waals surface area contributed by atoms with Crippen molar-refractivity contribution in [1.82, 2.24) is 14.5 Å². The minimum atomic E-state index is 0.00818. The summed E-state index contributed by atoms with van der Waals surface area (Å²) >= 11 is 0. The molecule has 2 aliphatic rings. The molecule has 260 valence electrons. The van der Waals surface area contributed by atoms with Gasteiger partial charge in [-0.05, 0) is 109 Å². The highest BCUT2D eigenvalue weighted by Gasteiger charge is 2.43. The molecule has 0 saturated heterocycles. The average molecular weight is 706 g/mol. The van der Waals surface area contributed by atoms with Crippen LogP contribution in [-0.4, -0.2) is 21.2 Å². The Balaban J connectivity index is 1.26. The first-order valence-corrected chi connectivity index (χ1v) is 19.0. The second-order valence-corrected chi connectivity index (χ2v) is 14.7. The van der Waals surface area contributed by atoms with Gasteiger partial charge in [-0.15, -0.1) is 0 Å². The number of anilines is 6. The Bertz CT molecular complexity index is 2910. The van der Waals surface area contributed by atoms with Crippen molar-refractivity contribution < 1.29 is 0 Å². The molecule has 0 bridgehead atoms. The molecule has 9 aromatic rings. The molecule has 0 spiro atoms. The van der Waals surface area contributed by atoms with E-state index in [9.17, 15) is 0 Å². The van der Waals surface area contributed by atoms with Crippen LogP contribution in [0.5, 0.6) is 0 Å². The first-order valence-electron chi connectivity index (χ1n) is 19.0. The lowest BCUT2D eigenvalue weighted by Gasteiger charge is -2.44. The normalized spacial score (nSPS) is 12.9. The summed E-state index contributed by atoms with van der Waals surface area (Å²) < 4.78 is 2.42. The van der Waals surface area contributed by atoms with Gasteiger partial charge in [0.2, 0.25) is 0 Å². The van der Waals surface area contributed by atoms with Crippen LogP contribution in [0, 0.1) is 20.8 Å². The molecule has 0 aliphatic carbocycles. The Morgan fingerprint density at radius 1 is 0.436 bits per heavy atom. The van der Waals surface area contributed by atoms with Crippen LogP contribution in [-0.2, 0) is 0 Å². The largest absolute Gasteiger partial charge is 0.311 e. The van der Waals surface area contributed by atoms with Gasteiger partial charge in [0.1, 0.15) is 5.82 Å². The van der Waals surface area contributed by atoms with E-state index < -0.39 is 0 Å². The van der Waals surface area contributed by atoms with Crippen LogP contribution in [0.4, 0.5) is 34.1 Å². The SMILES string of the molecule is Cc1nc(C)c(-c2cc3c4c(c2)N(c2ccccc2)c2cc(-n5c6ccccc6c6ccccc65)ccc2B4c2ccccc2N3c2ccccc2)c(C)n1. The maximum absolute atomic E-state index is 4.88. The van der Waals surface area contributed by atoms with Crippen molar-refractivity contribution in [3.63, 3.8) is 0 Å². The van der Waals surface area contributed by atoms with Crippen molar-refractivity contribution in [2.45, 2.75) is 20.8 Å². The molecule has 0 atom stereocenters. The first kappa shape index (κ1) is 31.6. The van der Waals surface area contributed by atoms with E-state index in [0.29, 0.717) is 0 Å². The summed E-state index contributed by atoms with van der Waals surface area (Å²) in [6, 6.07) is 59.9. The highest BCUT2D eigenvalue weighted by molar-refractivity contribution is 7.00. The molecule has 2 aliphatic heterocycles. The van der Waals surface area contributed by atoms with E-state index in [1.807, 2.05) is 6.92 Å². The lowest BCUT2D eigenvalue weighted by Crippen LogP contribution is -2.61. The minimum absolute atomic E-state index is 0.00818. The monoisotopic (exact) mass is 705 g/mol.